The largest absolute Gasteiger partial charge is 0.392 e. The molecule has 0 saturated carbocycles. The molecule has 84 valence electrons. The molecule has 2 unspecified atom stereocenters. The number of aliphatic hydroxyl groups excluding tert-OH is 1. The van der Waals surface area contributed by atoms with Gasteiger partial charge >= 0.3 is 0 Å². The molecule has 0 bridgehead atoms. The summed E-state index contributed by atoms with van der Waals surface area (Å²) in [6, 6.07) is 8.11. The van der Waals surface area contributed by atoms with Crippen LogP contribution in [0.4, 0.5) is 0 Å². The minimum Gasteiger partial charge on any atom is -0.392 e. The number of hydrogen-bond acceptors (Lipinski definition) is 2. The molecule has 3 heteroatoms. The topological polar surface area (TPSA) is 23.5 Å². The zero-order valence-electron chi connectivity index (χ0n) is 9.44. The maximum atomic E-state index is 9.30. The molecule has 0 spiro atoms. The molecule has 0 amide bonds. The molecule has 0 aliphatic carbocycles. The normalized spacial score (nSPS) is 15.3. The molecule has 0 fully saturated rings. The van der Waals surface area contributed by atoms with Crippen molar-refractivity contribution in [2.24, 2.45) is 0 Å². The lowest BCUT2D eigenvalue weighted by molar-refractivity contribution is 0.122. The number of benzene rings is 1. The fourth-order valence-corrected chi connectivity index (χ4v) is 1.70. The van der Waals surface area contributed by atoms with Crippen LogP contribution in [0.1, 0.15) is 25.5 Å². The highest BCUT2D eigenvalue weighted by Crippen LogP contribution is 2.20. The summed E-state index contributed by atoms with van der Waals surface area (Å²) in [5, 5.41) is 10.1. The van der Waals surface area contributed by atoms with E-state index in [4.69, 9.17) is 11.6 Å². The van der Waals surface area contributed by atoms with Crippen LogP contribution in [0.15, 0.2) is 24.3 Å². The van der Waals surface area contributed by atoms with Crippen molar-refractivity contribution in [2.45, 2.75) is 26.0 Å². The third-order valence-corrected chi connectivity index (χ3v) is 2.82. The zero-order chi connectivity index (χ0) is 11.4. The summed E-state index contributed by atoms with van der Waals surface area (Å²) >= 11 is 5.83. The van der Waals surface area contributed by atoms with Crippen LogP contribution in [0.2, 0.25) is 5.02 Å². The Bertz CT molecular complexity index is 297. The van der Waals surface area contributed by atoms with E-state index >= 15 is 0 Å². The molecule has 0 heterocycles. The Morgan fingerprint density at radius 3 is 2.27 bits per heavy atom. The lowest BCUT2D eigenvalue weighted by Gasteiger charge is -2.26. The van der Waals surface area contributed by atoms with Crippen LogP contribution in [0, 0.1) is 0 Å². The van der Waals surface area contributed by atoms with E-state index in [0.717, 1.165) is 5.02 Å². The van der Waals surface area contributed by atoms with Crippen molar-refractivity contribution in [3.05, 3.63) is 34.9 Å². The Morgan fingerprint density at radius 1 is 1.27 bits per heavy atom. The first-order valence-corrected chi connectivity index (χ1v) is 5.52. The smallest absolute Gasteiger partial charge is 0.0639 e. The van der Waals surface area contributed by atoms with Crippen LogP contribution in [-0.4, -0.2) is 29.7 Å². The lowest BCUT2D eigenvalue weighted by Crippen LogP contribution is -2.29. The van der Waals surface area contributed by atoms with Crippen molar-refractivity contribution >= 4 is 11.6 Å². The van der Waals surface area contributed by atoms with E-state index in [0.29, 0.717) is 6.54 Å². The average Bonchev–Trinajstić information content (AvgIpc) is 2.17. The fourth-order valence-electron chi connectivity index (χ4n) is 1.57. The van der Waals surface area contributed by atoms with Crippen LogP contribution in [-0.2, 0) is 0 Å². The molecule has 0 aliphatic heterocycles. The van der Waals surface area contributed by atoms with Crippen molar-refractivity contribution < 1.29 is 5.11 Å². The highest BCUT2D eigenvalue weighted by molar-refractivity contribution is 6.30. The Morgan fingerprint density at radius 2 is 1.80 bits per heavy atom. The number of likely N-dealkylation sites (N-methyl/N-ethyl adjacent to an activating group) is 1. The first-order chi connectivity index (χ1) is 7.00. The van der Waals surface area contributed by atoms with Gasteiger partial charge in [-0.1, -0.05) is 23.7 Å². The molecule has 2 atom stereocenters. The summed E-state index contributed by atoms with van der Waals surface area (Å²) in [7, 11) is 2.01. The molecule has 0 saturated heterocycles. The fraction of sp³-hybridized carbons (Fsp3) is 0.500. The molecule has 2 nitrogen and oxygen atoms in total. The van der Waals surface area contributed by atoms with Crippen molar-refractivity contribution in [2.75, 3.05) is 13.6 Å². The van der Waals surface area contributed by atoms with E-state index in [1.165, 1.54) is 5.56 Å². The van der Waals surface area contributed by atoms with Gasteiger partial charge < -0.3 is 5.11 Å². The molecular formula is C12H18ClNO. The number of halogens is 1. The van der Waals surface area contributed by atoms with Crippen molar-refractivity contribution in [3.63, 3.8) is 0 Å². The molecule has 1 aromatic carbocycles. The summed E-state index contributed by atoms with van der Waals surface area (Å²) < 4.78 is 0. The van der Waals surface area contributed by atoms with Crippen molar-refractivity contribution in [1.29, 1.82) is 0 Å². The minimum atomic E-state index is -0.301. The predicted molar refractivity (Wildman–Crippen MR) is 64.2 cm³/mol. The predicted octanol–water partition coefficient (Wildman–Crippen LogP) is 2.71. The van der Waals surface area contributed by atoms with Gasteiger partial charge in [-0.3, -0.25) is 4.90 Å². The van der Waals surface area contributed by atoms with E-state index in [2.05, 4.69) is 11.8 Å². The molecule has 0 radical (unpaired) electrons. The Balaban J connectivity index is 2.67. The molecule has 0 aromatic heterocycles. The first-order valence-electron chi connectivity index (χ1n) is 5.14. The van der Waals surface area contributed by atoms with Gasteiger partial charge in [-0.25, -0.2) is 0 Å². The first kappa shape index (κ1) is 12.5. The van der Waals surface area contributed by atoms with Gasteiger partial charge in [0.2, 0.25) is 0 Å². The standard InChI is InChI=1S/C12H18ClNO/c1-9(15)8-14(3)10(2)11-4-6-12(13)7-5-11/h4-7,9-10,15H,8H2,1-3H3. The molecule has 15 heavy (non-hydrogen) atoms. The van der Waals surface area contributed by atoms with Gasteiger partial charge in [0.15, 0.2) is 0 Å². The average molecular weight is 228 g/mol. The molecular weight excluding hydrogens is 210 g/mol. The van der Waals surface area contributed by atoms with Gasteiger partial charge in [-0.05, 0) is 38.6 Å². The van der Waals surface area contributed by atoms with Crippen LogP contribution < -0.4 is 0 Å². The number of aliphatic hydroxyl groups is 1. The molecule has 1 aromatic rings. The highest BCUT2D eigenvalue weighted by Gasteiger charge is 2.12. The Hall–Kier alpha value is -0.570. The summed E-state index contributed by atoms with van der Waals surface area (Å²) in [6.45, 7) is 4.58. The SMILES string of the molecule is CC(O)CN(C)C(C)c1ccc(Cl)cc1. The van der Waals surface area contributed by atoms with E-state index in [9.17, 15) is 5.11 Å². The van der Waals surface area contributed by atoms with Crippen LogP contribution in [0.25, 0.3) is 0 Å². The third-order valence-electron chi connectivity index (χ3n) is 2.57. The van der Waals surface area contributed by atoms with E-state index in [1.54, 1.807) is 6.92 Å². The van der Waals surface area contributed by atoms with Gasteiger partial charge in [-0.2, -0.15) is 0 Å². The van der Waals surface area contributed by atoms with Crippen molar-refractivity contribution in [1.82, 2.24) is 4.90 Å². The van der Waals surface area contributed by atoms with E-state index in [1.807, 2.05) is 31.3 Å². The van der Waals surface area contributed by atoms with Gasteiger partial charge in [0, 0.05) is 17.6 Å². The van der Waals surface area contributed by atoms with Crippen LogP contribution in [0.5, 0.6) is 0 Å². The van der Waals surface area contributed by atoms with Crippen LogP contribution >= 0.6 is 11.6 Å². The second kappa shape index (κ2) is 5.50. The number of nitrogens with zero attached hydrogens (tertiary/aromatic N) is 1. The Kier molecular flexibility index (Phi) is 4.58. The number of hydrogen-bond donors (Lipinski definition) is 1. The van der Waals surface area contributed by atoms with Crippen LogP contribution in [0.3, 0.4) is 0 Å². The summed E-state index contributed by atoms with van der Waals surface area (Å²) in [5.74, 6) is 0. The maximum absolute atomic E-state index is 9.30. The van der Waals surface area contributed by atoms with Gasteiger partial charge in [-0.15, -0.1) is 0 Å². The lowest BCUT2D eigenvalue weighted by atomic mass is 10.1. The molecule has 0 aliphatic rings. The second-order valence-electron chi connectivity index (χ2n) is 4.02. The highest BCUT2D eigenvalue weighted by atomic mass is 35.5. The number of rotatable bonds is 4. The van der Waals surface area contributed by atoms with Gasteiger partial charge in [0.1, 0.15) is 0 Å². The quantitative estimate of drug-likeness (QED) is 0.855. The maximum Gasteiger partial charge on any atom is 0.0639 e. The Labute approximate surface area is 96.5 Å². The second-order valence-corrected chi connectivity index (χ2v) is 4.45. The van der Waals surface area contributed by atoms with E-state index < -0.39 is 0 Å². The van der Waals surface area contributed by atoms with Gasteiger partial charge in [0.25, 0.3) is 0 Å². The van der Waals surface area contributed by atoms with Gasteiger partial charge in [0.05, 0.1) is 6.10 Å². The summed E-state index contributed by atoms with van der Waals surface area (Å²) in [4.78, 5) is 2.12. The molecule has 1 N–H and O–H groups in total. The molecule has 1 rings (SSSR count). The zero-order valence-corrected chi connectivity index (χ0v) is 10.2. The van der Waals surface area contributed by atoms with Crippen molar-refractivity contribution in [3.8, 4) is 0 Å². The summed E-state index contributed by atoms with van der Waals surface area (Å²) in [5.41, 5.74) is 1.21. The monoisotopic (exact) mass is 227 g/mol. The summed E-state index contributed by atoms with van der Waals surface area (Å²) in [6.07, 6.45) is -0.301. The minimum absolute atomic E-state index is 0.289. The third kappa shape index (κ3) is 3.82. The van der Waals surface area contributed by atoms with E-state index in [-0.39, 0.29) is 12.1 Å².